The Morgan fingerprint density at radius 3 is 2.65 bits per heavy atom. The van der Waals surface area contributed by atoms with Crippen LogP contribution in [0.2, 0.25) is 0 Å². The lowest BCUT2D eigenvalue weighted by atomic mass is 10.0. The number of benzene rings is 1. The molecular weight excluding hydrogens is 286 g/mol. The number of rotatable bonds is 7. The fraction of sp³-hybridized carbons (Fsp3) is 0.632. The molecule has 2 unspecified atom stereocenters. The van der Waals surface area contributed by atoms with E-state index in [2.05, 4.69) is 42.2 Å². The first kappa shape index (κ1) is 18.0. The monoisotopic (exact) mass is 317 g/mol. The zero-order valence-electron chi connectivity index (χ0n) is 14.7. The van der Waals surface area contributed by atoms with E-state index in [0.29, 0.717) is 5.92 Å². The minimum atomic E-state index is -0.361. The van der Waals surface area contributed by atoms with Gasteiger partial charge in [-0.15, -0.1) is 0 Å². The Hall–Kier alpha value is -1.39. The fourth-order valence-electron chi connectivity index (χ4n) is 3.19. The first-order valence-electron chi connectivity index (χ1n) is 8.82. The number of carbonyl (C=O) groups excluding carboxylic acids is 1. The lowest BCUT2D eigenvalue weighted by Gasteiger charge is -2.26. The summed E-state index contributed by atoms with van der Waals surface area (Å²) >= 11 is 0. The van der Waals surface area contributed by atoms with Gasteiger partial charge in [-0.05, 0) is 30.4 Å². The van der Waals surface area contributed by atoms with E-state index < -0.39 is 0 Å². The molecular formula is C19H31N3O. The second-order valence-electron chi connectivity index (χ2n) is 7.02. The van der Waals surface area contributed by atoms with Gasteiger partial charge in [0.2, 0.25) is 5.91 Å². The molecule has 0 saturated carbocycles. The molecule has 1 heterocycles. The minimum Gasteiger partial charge on any atom is -0.341 e. The third kappa shape index (κ3) is 5.05. The molecule has 1 fully saturated rings. The molecule has 4 heteroatoms. The highest BCUT2D eigenvalue weighted by Gasteiger charge is 2.31. The number of carbonyl (C=O) groups is 1. The molecule has 1 aromatic carbocycles. The van der Waals surface area contributed by atoms with Crippen molar-refractivity contribution in [2.45, 2.75) is 39.8 Å². The summed E-state index contributed by atoms with van der Waals surface area (Å²) in [6.45, 7) is 11.0. The van der Waals surface area contributed by atoms with Crippen LogP contribution in [0.1, 0.15) is 32.8 Å². The fourth-order valence-corrected chi connectivity index (χ4v) is 3.19. The van der Waals surface area contributed by atoms with Crippen LogP contribution in [0.25, 0.3) is 0 Å². The summed E-state index contributed by atoms with van der Waals surface area (Å²) in [6, 6.07) is 10.2. The molecule has 1 saturated heterocycles. The van der Waals surface area contributed by atoms with Gasteiger partial charge in [0.15, 0.2) is 0 Å². The summed E-state index contributed by atoms with van der Waals surface area (Å²) in [5, 5.41) is 0. The van der Waals surface area contributed by atoms with Crippen molar-refractivity contribution in [2.75, 3.05) is 26.2 Å². The highest BCUT2D eigenvalue weighted by molar-refractivity contribution is 5.82. The van der Waals surface area contributed by atoms with Crippen molar-refractivity contribution in [2.24, 2.45) is 17.6 Å². The van der Waals surface area contributed by atoms with E-state index in [1.807, 2.05) is 18.7 Å². The highest BCUT2D eigenvalue weighted by Crippen LogP contribution is 2.20. The van der Waals surface area contributed by atoms with Crippen LogP contribution in [-0.2, 0) is 11.3 Å². The predicted octanol–water partition coefficient (Wildman–Crippen LogP) is 2.34. The van der Waals surface area contributed by atoms with Crippen LogP contribution < -0.4 is 5.73 Å². The summed E-state index contributed by atoms with van der Waals surface area (Å²) in [5.74, 6) is 0.877. The summed E-state index contributed by atoms with van der Waals surface area (Å²) in [6.07, 6.45) is 1.09. The molecule has 1 aliphatic heterocycles. The molecule has 4 nitrogen and oxygen atoms in total. The van der Waals surface area contributed by atoms with Gasteiger partial charge in [0.25, 0.3) is 0 Å². The Morgan fingerprint density at radius 1 is 1.35 bits per heavy atom. The molecule has 0 bridgehead atoms. The maximum absolute atomic E-state index is 12.4. The van der Waals surface area contributed by atoms with Gasteiger partial charge in [0.05, 0.1) is 6.04 Å². The average Bonchev–Trinajstić information content (AvgIpc) is 3.02. The predicted molar refractivity (Wildman–Crippen MR) is 94.9 cm³/mol. The van der Waals surface area contributed by atoms with E-state index >= 15 is 0 Å². The minimum absolute atomic E-state index is 0.119. The average molecular weight is 317 g/mol. The maximum Gasteiger partial charge on any atom is 0.239 e. The Kier molecular flexibility index (Phi) is 6.60. The molecule has 0 radical (unpaired) electrons. The number of nitrogens with zero attached hydrogens (tertiary/aromatic N) is 2. The topological polar surface area (TPSA) is 49.6 Å². The smallest absolute Gasteiger partial charge is 0.239 e. The molecule has 128 valence electrons. The van der Waals surface area contributed by atoms with Crippen molar-refractivity contribution in [3.63, 3.8) is 0 Å². The van der Waals surface area contributed by atoms with Gasteiger partial charge in [0, 0.05) is 26.2 Å². The summed E-state index contributed by atoms with van der Waals surface area (Å²) in [7, 11) is 0. The second-order valence-corrected chi connectivity index (χ2v) is 7.02. The van der Waals surface area contributed by atoms with Crippen LogP contribution in [0.5, 0.6) is 0 Å². The number of nitrogens with two attached hydrogens (primary N) is 1. The molecule has 0 aliphatic carbocycles. The van der Waals surface area contributed by atoms with E-state index in [9.17, 15) is 4.79 Å². The SMILES string of the molecule is CCN(Cc1ccccc1)CC1CCN(C(=O)C(N)C(C)C)C1. The quantitative estimate of drug-likeness (QED) is 0.840. The number of likely N-dealkylation sites (tertiary alicyclic amines) is 1. The molecule has 1 amide bonds. The van der Waals surface area contributed by atoms with Crippen LogP contribution >= 0.6 is 0 Å². The van der Waals surface area contributed by atoms with Gasteiger partial charge < -0.3 is 10.6 Å². The number of hydrogen-bond donors (Lipinski definition) is 1. The van der Waals surface area contributed by atoms with E-state index in [1.165, 1.54) is 5.56 Å². The van der Waals surface area contributed by atoms with Crippen molar-refractivity contribution in [3.8, 4) is 0 Å². The van der Waals surface area contributed by atoms with E-state index in [-0.39, 0.29) is 17.9 Å². The van der Waals surface area contributed by atoms with Gasteiger partial charge in [-0.25, -0.2) is 0 Å². The van der Waals surface area contributed by atoms with Crippen LogP contribution in [-0.4, -0.2) is 47.9 Å². The number of hydrogen-bond acceptors (Lipinski definition) is 3. The Bertz CT molecular complexity index is 489. The van der Waals surface area contributed by atoms with Crippen LogP contribution in [0.4, 0.5) is 0 Å². The zero-order valence-corrected chi connectivity index (χ0v) is 14.7. The second kappa shape index (κ2) is 8.46. The number of amides is 1. The van der Waals surface area contributed by atoms with Gasteiger partial charge in [-0.2, -0.15) is 0 Å². The van der Waals surface area contributed by atoms with Crippen molar-refractivity contribution >= 4 is 5.91 Å². The molecule has 23 heavy (non-hydrogen) atoms. The Morgan fingerprint density at radius 2 is 2.04 bits per heavy atom. The standard InChI is InChI=1S/C19H31N3O/c1-4-21(12-16-8-6-5-7-9-16)13-17-10-11-22(14-17)19(23)18(20)15(2)3/h5-9,15,17-18H,4,10-14,20H2,1-3H3. The summed E-state index contributed by atoms with van der Waals surface area (Å²) in [4.78, 5) is 16.8. The largest absolute Gasteiger partial charge is 0.341 e. The van der Waals surface area contributed by atoms with E-state index in [0.717, 1.165) is 39.1 Å². The molecule has 1 aromatic rings. The first-order chi connectivity index (χ1) is 11.0. The Labute approximate surface area is 140 Å². The maximum atomic E-state index is 12.4. The van der Waals surface area contributed by atoms with Gasteiger partial charge >= 0.3 is 0 Å². The highest BCUT2D eigenvalue weighted by atomic mass is 16.2. The van der Waals surface area contributed by atoms with Crippen LogP contribution in [0.15, 0.2) is 30.3 Å². The molecule has 2 rings (SSSR count). The lowest BCUT2D eigenvalue weighted by Crippen LogP contribution is -2.45. The van der Waals surface area contributed by atoms with E-state index in [4.69, 9.17) is 5.73 Å². The third-order valence-corrected chi connectivity index (χ3v) is 4.81. The van der Waals surface area contributed by atoms with Gasteiger partial charge in [0.1, 0.15) is 0 Å². The third-order valence-electron chi connectivity index (χ3n) is 4.81. The van der Waals surface area contributed by atoms with Crippen molar-refractivity contribution < 1.29 is 4.79 Å². The molecule has 0 aromatic heterocycles. The van der Waals surface area contributed by atoms with Gasteiger partial charge in [-0.3, -0.25) is 9.69 Å². The zero-order chi connectivity index (χ0) is 16.8. The van der Waals surface area contributed by atoms with Crippen molar-refractivity contribution in [1.29, 1.82) is 0 Å². The lowest BCUT2D eigenvalue weighted by molar-refractivity contribution is -0.132. The summed E-state index contributed by atoms with van der Waals surface area (Å²) < 4.78 is 0. The van der Waals surface area contributed by atoms with Gasteiger partial charge in [-0.1, -0.05) is 51.1 Å². The van der Waals surface area contributed by atoms with Crippen LogP contribution in [0.3, 0.4) is 0 Å². The van der Waals surface area contributed by atoms with Crippen molar-refractivity contribution in [3.05, 3.63) is 35.9 Å². The molecule has 0 spiro atoms. The molecule has 2 N–H and O–H groups in total. The van der Waals surface area contributed by atoms with E-state index in [1.54, 1.807) is 0 Å². The normalized spacial score (nSPS) is 19.6. The van der Waals surface area contributed by atoms with Crippen molar-refractivity contribution in [1.82, 2.24) is 9.80 Å². The van der Waals surface area contributed by atoms with Crippen LogP contribution in [0, 0.1) is 11.8 Å². The summed E-state index contributed by atoms with van der Waals surface area (Å²) in [5.41, 5.74) is 7.36. The first-order valence-corrected chi connectivity index (χ1v) is 8.82. The molecule has 2 atom stereocenters. The Balaban J connectivity index is 1.85. The molecule has 1 aliphatic rings.